The summed E-state index contributed by atoms with van der Waals surface area (Å²) in [7, 11) is 1.47. The van der Waals surface area contributed by atoms with E-state index in [9.17, 15) is 4.79 Å². The van der Waals surface area contributed by atoms with Crippen LogP contribution in [-0.4, -0.2) is 30.3 Å². The van der Waals surface area contributed by atoms with Crippen molar-refractivity contribution in [1.29, 1.82) is 0 Å². The van der Waals surface area contributed by atoms with Gasteiger partial charge in [-0.3, -0.25) is 10.1 Å². The lowest BCUT2D eigenvalue weighted by molar-refractivity contribution is -0.146. The normalized spacial score (nSPS) is 14.8. The van der Waals surface area contributed by atoms with E-state index in [-0.39, 0.29) is 6.61 Å². The number of aliphatic carboxylic acids is 1. The van der Waals surface area contributed by atoms with E-state index in [4.69, 9.17) is 14.3 Å². The molecule has 0 aromatic carbocycles. The largest absolute Gasteiger partial charge is 0.480 e. The van der Waals surface area contributed by atoms with Crippen LogP contribution < -0.4 is 5.32 Å². The van der Waals surface area contributed by atoms with Crippen molar-refractivity contribution in [2.45, 2.75) is 19.0 Å². The molecule has 15 heavy (non-hydrogen) atoms. The summed E-state index contributed by atoms with van der Waals surface area (Å²) < 4.78 is 9.95. The number of ether oxygens (including phenoxy) is 1. The molecular formula is C10H15NO4. The second-order valence-electron chi connectivity index (χ2n) is 3.50. The first-order chi connectivity index (χ1) is 7.08. The minimum absolute atomic E-state index is 0.100. The predicted octanol–water partition coefficient (Wildman–Crippen LogP) is 0.859. The third-order valence-corrected chi connectivity index (χ3v) is 2.14. The van der Waals surface area contributed by atoms with Gasteiger partial charge in [0, 0.05) is 7.11 Å². The molecule has 1 aromatic rings. The van der Waals surface area contributed by atoms with Crippen LogP contribution in [0.5, 0.6) is 0 Å². The van der Waals surface area contributed by atoms with Crippen LogP contribution in [0.1, 0.15) is 12.7 Å². The lowest BCUT2D eigenvalue weighted by atomic mass is 10.0. The Morgan fingerprint density at radius 1 is 1.73 bits per heavy atom. The topological polar surface area (TPSA) is 71.7 Å². The van der Waals surface area contributed by atoms with Gasteiger partial charge in [-0.05, 0) is 19.1 Å². The summed E-state index contributed by atoms with van der Waals surface area (Å²) in [5.74, 6) is -0.255. The van der Waals surface area contributed by atoms with Gasteiger partial charge in [0.2, 0.25) is 0 Å². The number of methoxy groups -OCH3 is 1. The number of furan rings is 1. The fourth-order valence-electron chi connectivity index (χ4n) is 1.17. The summed E-state index contributed by atoms with van der Waals surface area (Å²) in [6.45, 7) is 2.03. The van der Waals surface area contributed by atoms with Crippen molar-refractivity contribution in [2.75, 3.05) is 13.7 Å². The summed E-state index contributed by atoms with van der Waals surface area (Å²) in [5.41, 5.74) is -1.10. The smallest absolute Gasteiger partial charge is 0.326 e. The van der Waals surface area contributed by atoms with Gasteiger partial charge in [-0.15, -0.1) is 0 Å². The molecule has 0 radical (unpaired) electrons. The van der Waals surface area contributed by atoms with Gasteiger partial charge in [0.15, 0.2) is 0 Å². The molecule has 0 fully saturated rings. The summed E-state index contributed by atoms with van der Waals surface area (Å²) in [4.78, 5) is 11.0. The Morgan fingerprint density at radius 3 is 2.93 bits per heavy atom. The molecule has 5 nitrogen and oxygen atoms in total. The van der Waals surface area contributed by atoms with Crippen molar-refractivity contribution >= 4 is 5.97 Å². The number of rotatable bonds is 6. The van der Waals surface area contributed by atoms with Crippen LogP contribution in [0.2, 0.25) is 0 Å². The number of carboxylic acids is 1. The molecule has 1 heterocycles. The lowest BCUT2D eigenvalue weighted by Gasteiger charge is -2.24. The molecule has 0 aliphatic rings. The van der Waals surface area contributed by atoms with E-state index in [1.54, 1.807) is 25.3 Å². The molecule has 0 spiro atoms. The van der Waals surface area contributed by atoms with Crippen molar-refractivity contribution in [3.05, 3.63) is 24.2 Å². The van der Waals surface area contributed by atoms with E-state index in [0.717, 1.165) is 0 Å². The number of hydrogen-bond donors (Lipinski definition) is 2. The molecular weight excluding hydrogens is 198 g/mol. The zero-order valence-corrected chi connectivity index (χ0v) is 8.82. The van der Waals surface area contributed by atoms with Gasteiger partial charge in [0.05, 0.1) is 19.4 Å². The summed E-state index contributed by atoms with van der Waals surface area (Å²) in [6.07, 6.45) is 1.55. The molecule has 0 saturated carbocycles. The Bertz CT molecular complexity index is 309. The maximum Gasteiger partial charge on any atom is 0.326 e. The van der Waals surface area contributed by atoms with E-state index in [1.165, 1.54) is 7.11 Å². The minimum Gasteiger partial charge on any atom is -0.480 e. The van der Waals surface area contributed by atoms with Crippen LogP contribution in [0.3, 0.4) is 0 Å². The molecule has 84 valence electrons. The van der Waals surface area contributed by atoms with Crippen LogP contribution in [0.4, 0.5) is 0 Å². The highest BCUT2D eigenvalue weighted by molar-refractivity contribution is 5.78. The first kappa shape index (κ1) is 11.7. The van der Waals surface area contributed by atoms with Crippen molar-refractivity contribution < 1.29 is 19.1 Å². The highest BCUT2D eigenvalue weighted by Gasteiger charge is 2.32. The second kappa shape index (κ2) is 4.95. The monoisotopic (exact) mass is 213 g/mol. The van der Waals surface area contributed by atoms with Gasteiger partial charge in [-0.1, -0.05) is 0 Å². The number of carboxylic acid groups (broad SMARTS) is 1. The summed E-state index contributed by atoms with van der Waals surface area (Å²) in [6, 6.07) is 3.54. The maximum atomic E-state index is 11.0. The zero-order valence-electron chi connectivity index (χ0n) is 8.82. The molecule has 0 aliphatic carbocycles. The lowest BCUT2D eigenvalue weighted by Crippen LogP contribution is -2.52. The molecule has 1 aromatic heterocycles. The van der Waals surface area contributed by atoms with Gasteiger partial charge in [-0.2, -0.15) is 0 Å². The minimum atomic E-state index is -1.10. The van der Waals surface area contributed by atoms with E-state index in [0.29, 0.717) is 12.3 Å². The number of nitrogens with one attached hydrogen (secondary N) is 1. The van der Waals surface area contributed by atoms with Crippen LogP contribution in [0.15, 0.2) is 22.8 Å². The Hall–Kier alpha value is -1.33. The summed E-state index contributed by atoms with van der Waals surface area (Å²) >= 11 is 0. The molecule has 5 heteroatoms. The fraction of sp³-hybridized carbons (Fsp3) is 0.500. The van der Waals surface area contributed by atoms with Crippen LogP contribution in [0.25, 0.3) is 0 Å². The van der Waals surface area contributed by atoms with Gasteiger partial charge in [0.25, 0.3) is 0 Å². The molecule has 0 saturated heterocycles. The Kier molecular flexibility index (Phi) is 3.88. The van der Waals surface area contributed by atoms with E-state index in [1.807, 2.05) is 0 Å². The van der Waals surface area contributed by atoms with Crippen molar-refractivity contribution in [1.82, 2.24) is 5.32 Å². The van der Waals surface area contributed by atoms with Gasteiger partial charge in [-0.25, -0.2) is 0 Å². The fourth-order valence-corrected chi connectivity index (χ4v) is 1.17. The maximum absolute atomic E-state index is 11.0. The van der Waals surface area contributed by atoms with E-state index in [2.05, 4.69) is 5.32 Å². The van der Waals surface area contributed by atoms with E-state index >= 15 is 0 Å². The Balaban J connectivity index is 2.56. The SMILES string of the molecule is COCC(C)(NCc1ccco1)C(=O)O. The number of carbonyl (C=O) groups is 1. The third-order valence-electron chi connectivity index (χ3n) is 2.14. The molecule has 0 bridgehead atoms. The standard InChI is InChI=1S/C10H15NO4/c1-10(7-14-2,9(12)13)11-6-8-4-3-5-15-8/h3-5,11H,6-7H2,1-2H3,(H,12,13). The van der Waals surface area contributed by atoms with Crippen molar-refractivity contribution in [2.24, 2.45) is 0 Å². The van der Waals surface area contributed by atoms with Crippen molar-refractivity contribution in [3.63, 3.8) is 0 Å². The average molecular weight is 213 g/mol. The second-order valence-corrected chi connectivity index (χ2v) is 3.50. The summed E-state index contributed by atoms with van der Waals surface area (Å²) in [5, 5.41) is 11.9. The first-order valence-electron chi connectivity index (χ1n) is 4.58. The van der Waals surface area contributed by atoms with E-state index < -0.39 is 11.5 Å². The van der Waals surface area contributed by atoms with Crippen molar-refractivity contribution in [3.8, 4) is 0 Å². The van der Waals surface area contributed by atoms with Crippen LogP contribution in [-0.2, 0) is 16.1 Å². The van der Waals surface area contributed by atoms with Gasteiger partial charge < -0.3 is 14.3 Å². The van der Waals surface area contributed by atoms with Gasteiger partial charge in [0.1, 0.15) is 11.3 Å². The molecule has 0 aliphatic heterocycles. The predicted molar refractivity (Wildman–Crippen MR) is 53.5 cm³/mol. The first-order valence-corrected chi connectivity index (χ1v) is 4.58. The average Bonchev–Trinajstić information content (AvgIpc) is 2.67. The number of hydrogen-bond acceptors (Lipinski definition) is 4. The van der Waals surface area contributed by atoms with Crippen LogP contribution in [0, 0.1) is 0 Å². The highest BCUT2D eigenvalue weighted by atomic mass is 16.5. The molecule has 1 atom stereocenters. The molecule has 2 N–H and O–H groups in total. The molecule has 1 unspecified atom stereocenters. The molecule has 1 rings (SSSR count). The zero-order chi connectivity index (χ0) is 11.3. The third kappa shape index (κ3) is 3.07. The molecule has 0 amide bonds. The van der Waals surface area contributed by atoms with Gasteiger partial charge >= 0.3 is 5.97 Å². The Labute approximate surface area is 88.0 Å². The highest BCUT2D eigenvalue weighted by Crippen LogP contribution is 2.07. The van der Waals surface area contributed by atoms with Crippen LogP contribution >= 0.6 is 0 Å². The Morgan fingerprint density at radius 2 is 2.47 bits per heavy atom. The quantitative estimate of drug-likeness (QED) is 0.733.